The molecule has 0 aliphatic rings. The minimum absolute atomic E-state index is 0.00166. The van der Waals surface area contributed by atoms with Crippen molar-refractivity contribution in [1.82, 2.24) is 10.2 Å². The molecule has 0 radical (unpaired) electrons. The topological polar surface area (TPSA) is 86.8 Å². The smallest absolute Gasteiger partial charge is 0.264 e. The molecule has 0 aromatic heterocycles. The van der Waals surface area contributed by atoms with Crippen molar-refractivity contribution in [2.24, 2.45) is 0 Å². The molecule has 0 aliphatic carbocycles. The third-order valence-electron chi connectivity index (χ3n) is 7.68. The van der Waals surface area contributed by atoms with E-state index in [1.807, 2.05) is 88.4 Å². The first-order valence-electron chi connectivity index (χ1n) is 15.0. The number of rotatable bonds is 13. The average molecular weight is 646 g/mol. The zero-order chi connectivity index (χ0) is 32.6. The molecule has 0 saturated carbocycles. The molecule has 9 heteroatoms. The molecule has 0 saturated heterocycles. The Morgan fingerprint density at radius 1 is 0.822 bits per heavy atom. The van der Waals surface area contributed by atoms with E-state index in [0.717, 1.165) is 33.0 Å². The third-order valence-corrected chi connectivity index (χ3v) is 9.72. The minimum atomic E-state index is -4.20. The molecule has 0 unspecified atom stereocenters. The van der Waals surface area contributed by atoms with Gasteiger partial charge in [0.15, 0.2) is 0 Å². The number of nitrogens with zero attached hydrogens (tertiary/aromatic N) is 2. The molecule has 4 rings (SSSR count). The van der Waals surface area contributed by atoms with E-state index in [4.69, 9.17) is 11.6 Å². The van der Waals surface area contributed by atoms with Crippen molar-refractivity contribution in [3.05, 3.63) is 130 Å². The van der Waals surface area contributed by atoms with Crippen molar-refractivity contribution in [2.75, 3.05) is 10.8 Å². The number of hydrogen-bond donors (Lipinski definition) is 1. The molecule has 0 bridgehead atoms. The number of amides is 2. The molecule has 2 atom stereocenters. The van der Waals surface area contributed by atoms with Gasteiger partial charge in [0.2, 0.25) is 11.8 Å². The van der Waals surface area contributed by atoms with Crippen LogP contribution in [0.1, 0.15) is 42.5 Å². The number of anilines is 1. The van der Waals surface area contributed by atoms with Gasteiger partial charge in [-0.05, 0) is 80.3 Å². The summed E-state index contributed by atoms with van der Waals surface area (Å²) < 4.78 is 29.4. The molecule has 45 heavy (non-hydrogen) atoms. The van der Waals surface area contributed by atoms with Crippen molar-refractivity contribution in [3.63, 3.8) is 0 Å². The molecule has 236 valence electrons. The highest BCUT2D eigenvalue weighted by molar-refractivity contribution is 7.92. The fourth-order valence-electron chi connectivity index (χ4n) is 5.05. The van der Waals surface area contributed by atoms with Crippen LogP contribution in [-0.2, 0) is 32.6 Å². The van der Waals surface area contributed by atoms with Gasteiger partial charge in [0, 0.05) is 24.0 Å². The van der Waals surface area contributed by atoms with E-state index in [2.05, 4.69) is 5.32 Å². The summed E-state index contributed by atoms with van der Waals surface area (Å²) in [5, 5.41) is 3.45. The molecule has 0 aliphatic heterocycles. The standard InChI is InChI=1S/C36H40ClN3O4S/c1-5-28(4)38-36(42)34(23-29-13-7-6-8-14-29)39(24-30-15-9-11-26(2)21-30)35(41)25-40(32-16-10-12-27(3)22-32)45(43,44)33-19-17-31(37)18-20-33/h6-22,28,34H,5,23-25H2,1-4H3,(H,38,42)/t28-,34+/m0/s1. The summed E-state index contributed by atoms with van der Waals surface area (Å²) in [5.41, 5.74) is 3.91. The number of benzene rings is 4. The maximum Gasteiger partial charge on any atom is 0.264 e. The van der Waals surface area contributed by atoms with Crippen molar-refractivity contribution >= 4 is 39.1 Å². The summed E-state index contributed by atoms with van der Waals surface area (Å²) in [6.07, 6.45) is 0.977. The molecule has 0 fully saturated rings. The van der Waals surface area contributed by atoms with Crippen LogP contribution in [0.2, 0.25) is 5.02 Å². The lowest BCUT2D eigenvalue weighted by Crippen LogP contribution is -2.54. The van der Waals surface area contributed by atoms with Crippen molar-refractivity contribution in [2.45, 2.75) is 64.1 Å². The second kappa shape index (κ2) is 15.2. The molecule has 1 N–H and O–H groups in total. The summed E-state index contributed by atoms with van der Waals surface area (Å²) in [6.45, 7) is 7.33. The predicted molar refractivity (Wildman–Crippen MR) is 181 cm³/mol. The molecule has 2 amide bonds. The van der Waals surface area contributed by atoms with Crippen LogP contribution >= 0.6 is 11.6 Å². The number of carbonyl (C=O) groups is 2. The van der Waals surface area contributed by atoms with Gasteiger partial charge in [-0.25, -0.2) is 8.42 Å². The monoisotopic (exact) mass is 645 g/mol. The molecule has 4 aromatic carbocycles. The second-order valence-corrected chi connectivity index (χ2v) is 13.6. The second-order valence-electron chi connectivity index (χ2n) is 11.3. The lowest BCUT2D eigenvalue weighted by atomic mass is 10.0. The zero-order valence-corrected chi connectivity index (χ0v) is 27.7. The van der Waals surface area contributed by atoms with E-state index in [0.29, 0.717) is 10.7 Å². The lowest BCUT2D eigenvalue weighted by Gasteiger charge is -2.34. The number of sulfonamides is 1. The lowest BCUT2D eigenvalue weighted by molar-refractivity contribution is -0.140. The summed E-state index contributed by atoms with van der Waals surface area (Å²) >= 11 is 6.06. The normalized spacial score (nSPS) is 12.6. The van der Waals surface area contributed by atoms with Gasteiger partial charge in [0.05, 0.1) is 10.6 Å². The van der Waals surface area contributed by atoms with Crippen LogP contribution in [0.3, 0.4) is 0 Å². The molecule has 0 spiro atoms. The van der Waals surface area contributed by atoms with E-state index in [1.54, 1.807) is 18.2 Å². The SMILES string of the molecule is CC[C@H](C)NC(=O)[C@@H](Cc1ccccc1)N(Cc1cccc(C)c1)C(=O)CN(c1cccc(C)c1)S(=O)(=O)c1ccc(Cl)cc1. The Hall–Kier alpha value is -4.14. The van der Waals surface area contributed by atoms with Crippen LogP contribution in [0, 0.1) is 13.8 Å². The molecular formula is C36H40ClN3O4S. The van der Waals surface area contributed by atoms with E-state index < -0.39 is 28.5 Å². The average Bonchev–Trinajstić information content (AvgIpc) is 3.02. The largest absolute Gasteiger partial charge is 0.352 e. The maximum atomic E-state index is 14.5. The number of nitrogens with one attached hydrogen (secondary N) is 1. The summed E-state index contributed by atoms with van der Waals surface area (Å²) in [5.74, 6) is -0.798. The van der Waals surface area contributed by atoms with Crippen LogP contribution in [-0.4, -0.2) is 43.8 Å². The van der Waals surface area contributed by atoms with E-state index in [9.17, 15) is 18.0 Å². The number of carbonyl (C=O) groups excluding carboxylic acids is 2. The zero-order valence-electron chi connectivity index (χ0n) is 26.1. The number of halogens is 1. The van der Waals surface area contributed by atoms with E-state index in [-0.39, 0.29) is 29.8 Å². The van der Waals surface area contributed by atoms with E-state index >= 15 is 0 Å². The first-order chi connectivity index (χ1) is 21.5. The molecular weight excluding hydrogens is 606 g/mol. The van der Waals surface area contributed by atoms with Gasteiger partial charge in [0.25, 0.3) is 10.0 Å². The van der Waals surface area contributed by atoms with Crippen LogP contribution in [0.5, 0.6) is 0 Å². The van der Waals surface area contributed by atoms with E-state index in [1.165, 1.54) is 29.2 Å². The predicted octanol–water partition coefficient (Wildman–Crippen LogP) is 6.71. The van der Waals surface area contributed by atoms with Gasteiger partial charge in [0.1, 0.15) is 12.6 Å². The first kappa shape index (κ1) is 33.7. The Morgan fingerprint density at radius 2 is 1.44 bits per heavy atom. The number of hydrogen-bond acceptors (Lipinski definition) is 4. The maximum absolute atomic E-state index is 14.5. The van der Waals surface area contributed by atoms with Gasteiger partial charge in [-0.15, -0.1) is 0 Å². The molecule has 0 heterocycles. The fourth-order valence-corrected chi connectivity index (χ4v) is 6.58. The van der Waals surface area contributed by atoms with Crippen LogP contribution in [0.25, 0.3) is 0 Å². The van der Waals surface area contributed by atoms with Gasteiger partial charge in [-0.3, -0.25) is 13.9 Å². The first-order valence-corrected chi connectivity index (χ1v) is 16.8. The Morgan fingerprint density at radius 3 is 2.07 bits per heavy atom. The summed E-state index contributed by atoms with van der Waals surface area (Å²) in [6, 6.07) is 29.1. The van der Waals surface area contributed by atoms with Crippen LogP contribution in [0.4, 0.5) is 5.69 Å². The van der Waals surface area contributed by atoms with Crippen molar-refractivity contribution in [3.8, 4) is 0 Å². The Kier molecular flexibility index (Phi) is 11.4. The Balaban J connectivity index is 1.81. The molecule has 7 nitrogen and oxygen atoms in total. The highest BCUT2D eigenvalue weighted by atomic mass is 35.5. The van der Waals surface area contributed by atoms with Crippen LogP contribution in [0.15, 0.2) is 108 Å². The highest BCUT2D eigenvalue weighted by Crippen LogP contribution is 2.27. The Labute approximate surface area is 271 Å². The molecule has 4 aromatic rings. The Bertz CT molecular complexity index is 1710. The quantitative estimate of drug-likeness (QED) is 0.175. The third kappa shape index (κ3) is 8.96. The summed E-state index contributed by atoms with van der Waals surface area (Å²) in [7, 11) is -4.20. The minimum Gasteiger partial charge on any atom is -0.352 e. The van der Waals surface area contributed by atoms with Gasteiger partial charge >= 0.3 is 0 Å². The van der Waals surface area contributed by atoms with Gasteiger partial charge in [-0.2, -0.15) is 0 Å². The van der Waals surface area contributed by atoms with Crippen LogP contribution < -0.4 is 9.62 Å². The van der Waals surface area contributed by atoms with Crippen molar-refractivity contribution in [1.29, 1.82) is 0 Å². The number of aryl methyl sites for hydroxylation is 2. The van der Waals surface area contributed by atoms with Crippen molar-refractivity contribution < 1.29 is 18.0 Å². The summed E-state index contributed by atoms with van der Waals surface area (Å²) in [4.78, 5) is 30.0. The van der Waals surface area contributed by atoms with Gasteiger partial charge in [-0.1, -0.05) is 90.8 Å². The van der Waals surface area contributed by atoms with Gasteiger partial charge < -0.3 is 10.2 Å². The fraction of sp³-hybridized carbons (Fsp3) is 0.278. The highest BCUT2D eigenvalue weighted by Gasteiger charge is 2.35.